The van der Waals surface area contributed by atoms with Crippen molar-refractivity contribution in [3.63, 3.8) is 0 Å². The van der Waals surface area contributed by atoms with Crippen LogP contribution >= 0.6 is 0 Å². The zero-order chi connectivity index (χ0) is 38.9. The predicted molar refractivity (Wildman–Crippen MR) is 214 cm³/mol. The maximum absolute atomic E-state index is 13.8. The summed E-state index contributed by atoms with van der Waals surface area (Å²) in [5, 5.41) is 9.31. The van der Waals surface area contributed by atoms with Crippen LogP contribution in [0.5, 0.6) is 0 Å². The molecule has 3 aliphatic rings. The van der Waals surface area contributed by atoms with Gasteiger partial charge in [0.05, 0.1) is 35.8 Å². The van der Waals surface area contributed by atoms with Crippen LogP contribution in [0.2, 0.25) is 23.2 Å². The van der Waals surface area contributed by atoms with Crippen LogP contribution in [0.4, 0.5) is 0 Å². The standard InChI is InChI=1S/C25H45NO4SSi.C14H28O3Si.Li.H2O/c1-10-11-12-19(30-32-24(8,9)22(3,4)5)17(2)21(27)26-20-15-18-13-14-25(20,23(18,6)7)16-31(26,28)29;1-8-9-10-12(11(2)13(15)16)17-18(6,7)14(3,4)5;;/h10,17-20H,1,11-16,32H2,2-9H3;8,11-12H,1,9-10H2,2-7H3,(H,15,16);;1H2/q;;+1;/p-1/t17-,18?,19-,20+,25+;11-,12-;;/m11../s1. The average molecular weight is 780 g/mol. The molecule has 1 unspecified atom stereocenters. The minimum absolute atomic E-state index is 0. The van der Waals surface area contributed by atoms with Gasteiger partial charge in [-0.2, -0.15) is 0 Å². The first-order valence-corrected chi connectivity index (χ1v) is 24.6. The van der Waals surface area contributed by atoms with Gasteiger partial charge in [0, 0.05) is 5.41 Å². The Morgan fingerprint density at radius 3 is 1.90 bits per heavy atom. The Bertz CT molecular complexity index is 1340. The second kappa shape index (κ2) is 18.5. The molecule has 1 heterocycles. The van der Waals surface area contributed by atoms with Gasteiger partial charge in [-0.15, -0.1) is 13.2 Å². The quantitative estimate of drug-likeness (QED) is 0.168. The second-order valence-corrected chi connectivity index (χ2v) is 28.3. The topological polar surface area (TPSA) is 140 Å². The minimum Gasteiger partial charge on any atom is -0.870 e. The summed E-state index contributed by atoms with van der Waals surface area (Å²) in [7, 11) is -6.49. The van der Waals surface area contributed by atoms with Crippen LogP contribution in [-0.2, 0) is 28.5 Å². The number of hydrogen-bond donors (Lipinski definition) is 1. The van der Waals surface area contributed by atoms with Gasteiger partial charge in [-0.05, 0) is 91.8 Å². The van der Waals surface area contributed by atoms with E-state index in [1.165, 1.54) is 4.31 Å². The zero-order valence-corrected chi connectivity index (χ0v) is 38.8. The molecule has 0 aromatic carbocycles. The first-order valence-electron chi connectivity index (χ1n) is 18.8. The molecule has 1 amide bonds. The van der Waals surface area contributed by atoms with Gasteiger partial charge in [0.25, 0.3) is 0 Å². The number of allylic oxidation sites excluding steroid dienone is 2. The predicted octanol–water partition coefficient (Wildman–Crippen LogP) is 5.56. The number of carboxylic acid groups (broad SMARTS) is 1. The zero-order valence-electron chi connectivity index (χ0n) is 35.6. The summed E-state index contributed by atoms with van der Waals surface area (Å²) in [5.41, 5.74) is -0.216. The van der Waals surface area contributed by atoms with Crippen LogP contribution in [0.25, 0.3) is 0 Å². The van der Waals surface area contributed by atoms with Crippen molar-refractivity contribution >= 4 is 40.0 Å². The molecule has 13 heteroatoms. The number of aliphatic carboxylic acids is 1. The number of carbonyl (C=O) groups is 2. The van der Waals surface area contributed by atoms with Gasteiger partial charge in [0.15, 0.2) is 18.1 Å². The van der Waals surface area contributed by atoms with Crippen LogP contribution in [-0.4, -0.2) is 77.3 Å². The Morgan fingerprint density at radius 2 is 1.48 bits per heavy atom. The summed E-state index contributed by atoms with van der Waals surface area (Å²) in [6.07, 6.45) is 8.94. The van der Waals surface area contributed by atoms with Crippen LogP contribution < -0.4 is 18.9 Å². The molecule has 3 rings (SSSR count). The number of carboxylic acids is 1. The molecule has 7 atom stereocenters. The van der Waals surface area contributed by atoms with Gasteiger partial charge in [-0.1, -0.05) is 88.3 Å². The molecule has 1 spiro atoms. The summed E-state index contributed by atoms with van der Waals surface area (Å²) in [5.74, 6) is -1.38. The van der Waals surface area contributed by atoms with E-state index in [1.54, 1.807) is 6.92 Å². The number of amides is 1. The van der Waals surface area contributed by atoms with Gasteiger partial charge in [-0.25, -0.2) is 12.7 Å². The summed E-state index contributed by atoms with van der Waals surface area (Å²) >= 11 is 0. The first-order chi connectivity index (χ1) is 22.5. The molecule has 298 valence electrons. The van der Waals surface area contributed by atoms with E-state index in [0.717, 1.165) is 38.5 Å². The summed E-state index contributed by atoms with van der Waals surface area (Å²) in [6.45, 7) is 37.5. The number of fused-ring (bicyclic) bond motifs is 1. The Labute approximate surface area is 333 Å². The maximum Gasteiger partial charge on any atom is 1.00 e. The van der Waals surface area contributed by atoms with E-state index in [9.17, 15) is 18.0 Å². The van der Waals surface area contributed by atoms with E-state index in [-0.39, 0.29) is 80.6 Å². The van der Waals surface area contributed by atoms with Gasteiger partial charge < -0.3 is 19.4 Å². The molecular formula is C39H74LiNO8SSi2. The van der Waals surface area contributed by atoms with Crippen molar-refractivity contribution in [2.45, 2.75) is 169 Å². The molecule has 2 aliphatic carbocycles. The molecule has 1 saturated heterocycles. The molecule has 0 aromatic heterocycles. The van der Waals surface area contributed by atoms with Crippen molar-refractivity contribution in [1.29, 1.82) is 0 Å². The number of hydrogen-bond acceptors (Lipinski definition) is 7. The smallest absolute Gasteiger partial charge is 0.870 e. The molecule has 3 fully saturated rings. The van der Waals surface area contributed by atoms with E-state index in [1.807, 2.05) is 19.1 Å². The third kappa shape index (κ3) is 10.8. The van der Waals surface area contributed by atoms with Crippen molar-refractivity contribution in [1.82, 2.24) is 4.31 Å². The molecule has 9 nitrogen and oxygen atoms in total. The fraction of sp³-hybridized carbons (Fsp3) is 0.846. The minimum atomic E-state index is -3.61. The van der Waals surface area contributed by atoms with Crippen LogP contribution in [0.15, 0.2) is 25.3 Å². The van der Waals surface area contributed by atoms with E-state index in [4.69, 9.17) is 14.0 Å². The van der Waals surface area contributed by atoms with Gasteiger partial charge in [-0.3, -0.25) is 9.59 Å². The van der Waals surface area contributed by atoms with Gasteiger partial charge in [0.1, 0.15) is 0 Å². The normalized spacial score (nSPS) is 25.8. The number of nitrogens with zero attached hydrogens (tertiary/aromatic N) is 1. The van der Waals surface area contributed by atoms with Crippen LogP contribution in [0.1, 0.15) is 128 Å². The van der Waals surface area contributed by atoms with Crippen molar-refractivity contribution in [2.75, 3.05) is 5.75 Å². The van der Waals surface area contributed by atoms with E-state index in [2.05, 4.69) is 95.5 Å². The number of sulfonamides is 1. The van der Waals surface area contributed by atoms with E-state index in [0.29, 0.717) is 12.3 Å². The molecular weight excluding hydrogens is 706 g/mol. The fourth-order valence-electron chi connectivity index (χ4n) is 7.64. The molecule has 2 bridgehead atoms. The van der Waals surface area contributed by atoms with Crippen LogP contribution in [0, 0.1) is 34.0 Å². The number of rotatable bonds is 15. The summed E-state index contributed by atoms with van der Waals surface area (Å²) < 4.78 is 40.7. The summed E-state index contributed by atoms with van der Waals surface area (Å²) in [4.78, 5) is 24.9. The molecule has 0 aromatic rings. The van der Waals surface area contributed by atoms with E-state index >= 15 is 0 Å². The van der Waals surface area contributed by atoms with Gasteiger partial charge in [0.2, 0.25) is 15.9 Å². The second-order valence-electron chi connectivity index (χ2n) is 19.3. The molecule has 2 saturated carbocycles. The Morgan fingerprint density at radius 1 is 0.981 bits per heavy atom. The van der Waals surface area contributed by atoms with Crippen LogP contribution in [0.3, 0.4) is 0 Å². The SMILES string of the molecule is C=CCC[C@@H](O[SiH2]C(C)(C)C(C)(C)C)[C@@H](C)C(=O)N1[C@H]2CC3CC[C@@]2(CS1(=O)=O)C3(C)C.C=CCC[C@@H](O[Si](C)(C)C(C)(C)C)[C@@H](C)C(=O)O.[Li+].[OH-]. The van der Waals surface area contributed by atoms with Gasteiger partial charge >= 0.3 is 24.8 Å². The van der Waals surface area contributed by atoms with Crippen molar-refractivity contribution in [3.05, 3.63) is 25.3 Å². The molecule has 1 aliphatic heterocycles. The molecule has 0 radical (unpaired) electrons. The van der Waals surface area contributed by atoms with Crippen molar-refractivity contribution in [2.24, 2.45) is 34.0 Å². The fourth-order valence-corrected chi connectivity index (χ4v) is 13.2. The average Bonchev–Trinajstić information content (AvgIpc) is 3.45. The molecule has 2 N–H and O–H groups in total. The Balaban J connectivity index is 0.00000112. The number of carbonyl (C=O) groups excluding carboxylic acids is 1. The third-order valence-electron chi connectivity index (χ3n) is 13.8. The first kappa shape index (κ1) is 51.3. The molecule has 52 heavy (non-hydrogen) atoms. The maximum atomic E-state index is 13.8. The largest absolute Gasteiger partial charge is 1.00 e. The third-order valence-corrected chi connectivity index (χ3v) is 22.6. The summed E-state index contributed by atoms with van der Waals surface area (Å²) in [6, 6.07) is -0.181. The van der Waals surface area contributed by atoms with E-state index < -0.39 is 45.9 Å². The Kier molecular flexibility index (Phi) is 18.2. The van der Waals surface area contributed by atoms with Crippen molar-refractivity contribution in [3.8, 4) is 0 Å². The monoisotopic (exact) mass is 779 g/mol. The van der Waals surface area contributed by atoms with Crippen molar-refractivity contribution < 1.29 is 56.3 Å². The Hall–Kier alpha value is -0.719.